The first kappa shape index (κ1) is 15.2. The van der Waals surface area contributed by atoms with Crippen molar-refractivity contribution in [3.05, 3.63) is 18.0 Å². The van der Waals surface area contributed by atoms with E-state index >= 15 is 0 Å². The second-order valence-electron chi connectivity index (χ2n) is 4.81. The fourth-order valence-electron chi connectivity index (χ4n) is 1.90. The van der Waals surface area contributed by atoms with Crippen LogP contribution in [0.25, 0.3) is 0 Å². The van der Waals surface area contributed by atoms with Crippen molar-refractivity contribution in [2.75, 3.05) is 0 Å². The van der Waals surface area contributed by atoms with Crippen LogP contribution in [0.5, 0.6) is 0 Å². The first-order chi connectivity index (χ1) is 8.88. The number of carbonyl (C=O) groups is 2. The van der Waals surface area contributed by atoms with Crippen LogP contribution in [0.4, 0.5) is 0 Å². The first-order valence-electron chi connectivity index (χ1n) is 6.39. The minimum Gasteiger partial charge on any atom is -0.480 e. The van der Waals surface area contributed by atoms with Crippen LogP contribution in [-0.4, -0.2) is 32.8 Å². The molecule has 0 bridgehead atoms. The van der Waals surface area contributed by atoms with Gasteiger partial charge in [0, 0.05) is 13.2 Å². The molecule has 106 valence electrons. The number of carboxylic acids is 1. The number of aromatic nitrogens is 2. The lowest BCUT2D eigenvalue weighted by molar-refractivity contribution is -0.143. The quantitative estimate of drug-likeness (QED) is 0.809. The second-order valence-corrected chi connectivity index (χ2v) is 4.81. The third-order valence-corrected chi connectivity index (χ3v) is 3.47. The van der Waals surface area contributed by atoms with E-state index < -0.39 is 17.9 Å². The summed E-state index contributed by atoms with van der Waals surface area (Å²) in [5.74, 6) is -1.84. The van der Waals surface area contributed by atoms with Crippen LogP contribution < -0.4 is 5.32 Å². The summed E-state index contributed by atoms with van der Waals surface area (Å²) in [6.07, 6.45) is 2.31. The molecular formula is C13H21N3O3. The predicted octanol–water partition coefficient (Wildman–Crippen LogP) is 1.14. The van der Waals surface area contributed by atoms with E-state index in [-0.39, 0.29) is 11.8 Å². The van der Waals surface area contributed by atoms with E-state index in [1.807, 2.05) is 13.8 Å². The van der Waals surface area contributed by atoms with Crippen molar-refractivity contribution in [2.24, 2.45) is 13.0 Å². The number of hydrogen-bond donors (Lipinski definition) is 2. The van der Waals surface area contributed by atoms with Crippen LogP contribution in [0.2, 0.25) is 0 Å². The van der Waals surface area contributed by atoms with Crippen LogP contribution in [0, 0.1) is 5.92 Å². The van der Waals surface area contributed by atoms with E-state index in [4.69, 9.17) is 5.11 Å². The Morgan fingerprint density at radius 1 is 1.47 bits per heavy atom. The molecule has 0 fully saturated rings. The lowest BCUT2D eigenvalue weighted by Crippen LogP contribution is -2.46. The zero-order valence-electron chi connectivity index (χ0n) is 11.8. The Bertz CT molecular complexity index is 456. The van der Waals surface area contributed by atoms with Gasteiger partial charge in [-0.15, -0.1) is 0 Å². The molecule has 1 unspecified atom stereocenters. The largest absolute Gasteiger partial charge is 0.480 e. The predicted molar refractivity (Wildman–Crippen MR) is 70.6 cm³/mol. The maximum absolute atomic E-state index is 12.1. The molecule has 0 spiro atoms. The van der Waals surface area contributed by atoms with Gasteiger partial charge < -0.3 is 10.4 Å². The Hall–Kier alpha value is -1.85. The maximum Gasteiger partial charge on any atom is 0.326 e. The van der Waals surface area contributed by atoms with E-state index in [1.165, 1.54) is 0 Å². The van der Waals surface area contributed by atoms with Crippen molar-refractivity contribution in [2.45, 2.75) is 39.2 Å². The average Bonchev–Trinajstić information content (AvgIpc) is 2.79. The highest BCUT2D eigenvalue weighted by Gasteiger charge is 2.28. The topological polar surface area (TPSA) is 84.2 Å². The fraction of sp³-hybridized carbons (Fsp3) is 0.615. The Kier molecular flexibility index (Phi) is 5.09. The molecule has 0 radical (unpaired) electrons. The van der Waals surface area contributed by atoms with Gasteiger partial charge in [0.05, 0.1) is 11.6 Å². The van der Waals surface area contributed by atoms with E-state index in [0.717, 1.165) is 5.69 Å². The van der Waals surface area contributed by atoms with Crippen LogP contribution >= 0.6 is 0 Å². The molecule has 1 amide bonds. The number of aliphatic carboxylic acids is 1. The highest BCUT2D eigenvalue weighted by atomic mass is 16.4. The zero-order valence-corrected chi connectivity index (χ0v) is 11.8. The zero-order chi connectivity index (χ0) is 14.6. The smallest absolute Gasteiger partial charge is 0.326 e. The number of carboxylic acid groups (broad SMARTS) is 1. The van der Waals surface area contributed by atoms with Gasteiger partial charge in [-0.1, -0.05) is 20.3 Å². The average molecular weight is 267 g/mol. The SMILES string of the molecule is CC[C@H](C)[C@H](NC(=O)C(C)c1ccnn1C)C(=O)O. The molecule has 1 aromatic heterocycles. The molecule has 1 rings (SSSR count). The molecule has 19 heavy (non-hydrogen) atoms. The monoisotopic (exact) mass is 267 g/mol. The fourth-order valence-corrected chi connectivity index (χ4v) is 1.90. The molecule has 3 atom stereocenters. The van der Waals surface area contributed by atoms with Gasteiger partial charge in [0.25, 0.3) is 0 Å². The summed E-state index contributed by atoms with van der Waals surface area (Å²) >= 11 is 0. The van der Waals surface area contributed by atoms with Crippen molar-refractivity contribution in [1.82, 2.24) is 15.1 Å². The second kappa shape index (κ2) is 6.36. The van der Waals surface area contributed by atoms with Gasteiger partial charge in [0.1, 0.15) is 6.04 Å². The number of amides is 1. The minimum atomic E-state index is -1.00. The molecule has 6 heteroatoms. The van der Waals surface area contributed by atoms with Crippen molar-refractivity contribution in [1.29, 1.82) is 0 Å². The molecule has 0 aliphatic heterocycles. The van der Waals surface area contributed by atoms with E-state index in [9.17, 15) is 9.59 Å². The van der Waals surface area contributed by atoms with Gasteiger partial charge in [0.2, 0.25) is 5.91 Å². The van der Waals surface area contributed by atoms with E-state index in [2.05, 4.69) is 10.4 Å². The number of nitrogens with zero attached hydrogens (tertiary/aromatic N) is 2. The first-order valence-corrected chi connectivity index (χ1v) is 6.39. The van der Waals surface area contributed by atoms with Crippen molar-refractivity contribution in [3.8, 4) is 0 Å². The van der Waals surface area contributed by atoms with Gasteiger partial charge >= 0.3 is 5.97 Å². The maximum atomic E-state index is 12.1. The van der Waals surface area contributed by atoms with E-state index in [1.54, 1.807) is 30.9 Å². The number of hydrogen-bond acceptors (Lipinski definition) is 3. The van der Waals surface area contributed by atoms with Gasteiger partial charge in [-0.3, -0.25) is 9.48 Å². The molecule has 6 nitrogen and oxygen atoms in total. The standard InChI is InChI=1S/C13H21N3O3/c1-5-8(2)11(13(18)19)15-12(17)9(3)10-6-7-14-16(10)4/h6-9,11H,5H2,1-4H3,(H,15,17)(H,18,19)/t8-,9?,11-/m0/s1. The van der Waals surface area contributed by atoms with Gasteiger partial charge in [-0.2, -0.15) is 5.10 Å². The molecule has 0 aromatic carbocycles. The third kappa shape index (κ3) is 3.56. The number of nitrogens with one attached hydrogen (secondary N) is 1. The summed E-state index contributed by atoms with van der Waals surface area (Å²) in [4.78, 5) is 23.3. The summed E-state index contributed by atoms with van der Waals surface area (Å²) in [7, 11) is 1.75. The summed E-state index contributed by atoms with van der Waals surface area (Å²) in [5.41, 5.74) is 0.755. The Morgan fingerprint density at radius 2 is 2.11 bits per heavy atom. The molecule has 0 saturated carbocycles. The van der Waals surface area contributed by atoms with Crippen LogP contribution in [-0.2, 0) is 16.6 Å². The lowest BCUT2D eigenvalue weighted by atomic mass is 9.98. The molecule has 2 N–H and O–H groups in total. The Labute approximate surface area is 112 Å². The van der Waals surface area contributed by atoms with Gasteiger partial charge in [0.15, 0.2) is 0 Å². The number of carbonyl (C=O) groups excluding carboxylic acids is 1. The summed E-state index contributed by atoms with van der Waals surface area (Å²) in [6, 6.07) is 0.900. The van der Waals surface area contributed by atoms with Crippen LogP contribution in [0.3, 0.4) is 0 Å². The molecule has 0 aliphatic rings. The molecule has 0 saturated heterocycles. The Balaban J connectivity index is 2.78. The highest BCUT2D eigenvalue weighted by Crippen LogP contribution is 2.15. The Morgan fingerprint density at radius 3 is 2.53 bits per heavy atom. The molecule has 0 aliphatic carbocycles. The molecule has 1 heterocycles. The number of rotatable bonds is 6. The number of aryl methyl sites for hydroxylation is 1. The molecular weight excluding hydrogens is 246 g/mol. The minimum absolute atomic E-state index is 0.111. The van der Waals surface area contributed by atoms with Crippen molar-refractivity contribution < 1.29 is 14.7 Å². The van der Waals surface area contributed by atoms with Crippen molar-refractivity contribution in [3.63, 3.8) is 0 Å². The lowest BCUT2D eigenvalue weighted by Gasteiger charge is -2.22. The van der Waals surface area contributed by atoms with Gasteiger partial charge in [-0.25, -0.2) is 4.79 Å². The normalized spacial score (nSPS) is 15.6. The summed E-state index contributed by atoms with van der Waals surface area (Å²) < 4.78 is 1.61. The summed E-state index contributed by atoms with van der Waals surface area (Å²) in [6.45, 7) is 5.45. The van der Waals surface area contributed by atoms with Gasteiger partial charge in [-0.05, 0) is 18.9 Å². The van der Waals surface area contributed by atoms with Crippen molar-refractivity contribution >= 4 is 11.9 Å². The third-order valence-electron chi connectivity index (χ3n) is 3.47. The van der Waals surface area contributed by atoms with Crippen LogP contribution in [0.1, 0.15) is 38.8 Å². The molecule has 1 aromatic rings. The summed E-state index contributed by atoms with van der Waals surface area (Å²) in [5, 5.41) is 15.8. The highest BCUT2D eigenvalue weighted by molar-refractivity contribution is 5.87. The van der Waals surface area contributed by atoms with E-state index in [0.29, 0.717) is 6.42 Å². The van der Waals surface area contributed by atoms with Crippen LogP contribution in [0.15, 0.2) is 12.3 Å².